The van der Waals surface area contributed by atoms with E-state index in [2.05, 4.69) is 0 Å². The lowest BCUT2D eigenvalue weighted by atomic mass is 10.1. The molecule has 3 rings (SSSR count). The summed E-state index contributed by atoms with van der Waals surface area (Å²) in [6.45, 7) is 3.41. The number of carbonyl (C=O) groups excluding carboxylic acids is 1. The van der Waals surface area contributed by atoms with Gasteiger partial charge in [-0.05, 0) is 55.8 Å². The molecule has 0 radical (unpaired) electrons. The van der Waals surface area contributed by atoms with Crippen LogP contribution in [0.15, 0.2) is 57.7 Å². The Morgan fingerprint density at radius 1 is 1.00 bits per heavy atom. The largest absolute Gasteiger partial charge is 0.497 e. The van der Waals surface area contributed by atoms with Crippen LogP contribution in [0.4, 0.5) is 0 Å². The summed E-state index contributed by atoms with van der Waals surface area (Å²) < 4.78 is 21.1. The number of rotatable bonds is 5. The number of hydrogen-bond donors (Lipinski definition) is 0. The van der Waals surface area contributed by atoms with Crippen molar-refractivity contribution < 1.29 is 23.4 Å². The van der Waals surface area contributed by atoms with Gasteiger partial charge in [-0.2, -0.15) is 0 Å². The van der Waals surface area contributed by atoms with Gasteiger partial charge in [0, 0.05) is 17.5 Å². The molecular weight excluding hydrogens is 336 g/mol. The van der Waals surface area contributed by atoms with Crippen LogP contribution in [0.25, 0.3) is 11.0 Å². The van der Waals surface area contributed by atoms with E-state index in [1.165, 1.54) is 12.1 Å². The van der Waals surface area contributed by atoms with Gasteiger partial charge in [0.2, 0.25) is 0 Å². The van der Waals surface area contributed by atoms with E-state index in [0.717, 1.165) is 10.9 Å². The summed E-state index contributed by atoms with van der Waals surface area (Å²) in [6, 6.07) is 13.2. The highest BCUT2D eigenvalue weighted by molar-refractivity contribution is 5.83. The summed E-state index contributed by atoms with van der Waals surface area (Å²) in [5, 5.41) is 0.784. The van der Waals surface area contributed by atoms with Crippen LogP contribution < -0.4 is 19.8 Å². The molecule has 0 aliphatic heterocycles. The lowest BCUT2D eigenvalue weighted by molar-refractivity contribution is -0.141. The molecule has 6 heteroatoms. The highest BCUT2D eigenvalue weighted by Crippen LogP contribution is 2.23. The molecule has 0 saturated carbocycles. The summed E-state index contributed by atoms with van der Waals surface area (Å²) in [6.07, 6.45) is -0.816. The first kappa shape index (κ1) is 17.5. The fraction of sp³-hybridized carbons (Fsp3) is 0.200. The molecule has 0 amide bonds. The second-order valence-corrected chi connectivity index (χ2v) is 5.76. The Morgan fingerprint density at radius 2 is 1.65 bits per heavy atom. The maximum Gasteiger partial charge on any atom is 0.352 e. The number of aryl methyl sites for hydroxylation is 1. The van der Waals surface area contributed by atoms with E-state index in [1.54, 1.807) is 50.4 Å². The number of methoxy groups -OCH3 is 1. The van der Waals surface area contributed by atoms with Crippen molar-refractivity contribution in [2.24, 2.45) is 0 Å². The average molecular weight is 354 g/mol. The SMILES string of the molecule is COc1ccc(OC(C)C(=O)Oc2ccc3c(C)cc(=O)oc3c2)cc1. The van der Waals surface area contributed by atoms with E-state index in [0.29, 0.717) is 17.1 Å². The Labute approximate surface area is 149 Å². The Balaban J connectivity index is 1.72. The zero-order valence-electron chi connectivity index (χ0n) is 14.6. The van der Waals surface area contributed by atoms with Crippen LogP contribution in [-0.2, 0) is 4.79 Å². The zero-order chi connectivity index (χ0) is 18.7. The van der Waals surface area contributed by atoms with Crippen molar-refractivity contribution in [1.29, 1.82) is 0 Å². The molecule has 1 atom stereocenters. The minimum Gasteiger partial charge on any atom is -0.497 e. The Bertz CT molecular complexity index is 987. The van der Waals surface area contributed by atoms with Crippen LogP contribution >= 0.6 is 0 Å². The monoisotopic (exact) mass is 354 g/mol. The van der Waals surface area contributed by atoms with Crippen molar-refractivity contribution in [1.82, 2.24) is 0 Å². The third-order valence-corrected chi connectivity index (χ3v) is 3.85. The first-order valence-corrected chi connectivity index (χ1v) is 8.03. The molecule has 0 spiro atoms. The minimum absolute atomic E-state index is 0.279. The lowest BCUT2D eigenvalue weighted by Gasteiger charge is -2.14. The molecule has 0 aliphatic carbocycles. The second kappa shape index (κ2) is 7.31. The zero-order valence-corrected chi connectivity index (χ0v) is 14.6. The highest BCUT2D eigenvalue weighted by Gasteiger charge is 2.18. The van der Waals surface area contributed by atoms with Crippen LogP contribution in [-0.4, -0.2) is 19.2 Å². The van der Waals surface area contributed by atoms with E-state index < -0.39 is 17.7 Å². The van der Waals surface area contributed by atoms with E-state index in [-0.39, 0.29) is 5.75 Å². The number of hydrogen-bond acceptors (Lipinski definition) is 6. The fourth-order valence-electron chi connectivity index (χ4n) is 2.47. The summed E-state index contributed by atoms with van der Waals surface area (Å²) in [4.78, 5) is 23.7. The molecule has 0 bridgehead atoms. The molecule has 0 N–H and O–H groups in total. The van der Waals surface area contributed by atoms with Gasteiger partial charge >= 0.3 is 11.6 Å². The Kier molecular flexibility index (Phi) is 4.93. The summed E-state index contributed by atoms with van der Waals surface area (Å²) in [5.41, 5.74) is 0.712. The molecule has 0 saturated heterocycles. The van der Waals surface area contributed by atoms with E-state index in [4.69, 9.17) is 18.6 Å². The Hall–Kier alpha value is -3.28. The molecule has 0 fully saturated rings. The van der Waals surface area contributed by atoms with Crippen LogP contribution in [0.1, 0.15) is 12.5 Å². The maximum atomic E-state index is 12.2. The van der Waals surface area contributed by atoms with Crippen molar-refractivity contribution in [2.75, 3.05) is 7.11 Å². The van der Waals surface area contributed by atoms with E-state index >= 15 is 0 Å². The summed E-state index contributed by atoms with van der Waals surface area (Å²) >= 11 is 0. The van der Waals surface area contributed by atoms with Crippen LogP contribution in [0.2, 0.25) is 0 Å². The molecular formula is C20H18O6. The molecule has 3 aromatic rings. The predicted molar refractivity (Wildman–Crippen MR) is 95.9 cm³/mol. The van der Waals surface area contributed by atoms with Crippen molar-refractivity contribution in [3.8, 4) is 17.2 Å². The number of benzene rings is 2. The average Bonchev–Trinajstić information content (AvgIpc) is 2.61. The maximum absolute atomic E-state index is 12.2. The first-order valence-electron chi connectivity index (χ1n) is 8.03. The number of carbonyl (C=O) groups is 1. The van der Waals surface area contributed by atoms with Gasteiger partial charge in [-0.3, -0.25) is 0 Å². The van der Waals surface area contributed by atoms with Gasteiger partial charge in [0.15, 0.2) is 6.10 Å². The van der Waals surface area contributed by atoms with Crippen LogP contribution in [0.3, 0.4) is 0 Å². The molecule has 1 aromatic heterocycles. The topological polar surface area (TPSA) is 75.0 Å². The predicted octanol–water partition coefficient (Wildman–Crippen LogP) is 3.48. The van der Waals surface area contributed by atoms with E-state index in [9.17, 15) is 9.59 Å². The van der Waals surface area contributed by atoms with Crippen LogP contribution in [0.5, 0.6) is 17.2 Å². The van der Waals surface area contributed by atoms with Gasteiger partial charge in [0.1, 0.15) is 22.8 Å². The van der Waals surface area contributed by atoms with Gasteiger partial charge < -0.3 is 18.6 Å². The summed E-state index contributed by atoms with van der Waals surface area (Å²) in [7, 11) is 1.57. The molecule has 1 heterocycles. The minimum atomic E-state index is -0.816. The van der Waals surface area contributed by atoms with Crippen molar-refractivity contribution in [2.45, 2.75) is 20.0 Å². The number of ether oxygens (including phenoxy) is 3. The first-order chi connectivity index (χ1) is 12.5. The highest BCUT2D eigenvalue weighted by atomic mass is 16.6. The summed E-state index contributed by atoms with van der Waals surface area (Å²) in [5.74, 6) is 0.938. The van der Waals surface area contributed by atoms with Gasteiger partial charge in [0.05, 0.1) is 7.11 Å². The lowest BCUT2D eigenvalue weighted by Crippen LogP contribution is -2.28. The van der Waals surface area contributed by atoms with Gasteiger partial charge in [-0.1, -0.05) is 0 Å². The molecule has 1 unspecified atom stereocenters. The molecule has 26 heavy (non-hydrogen) atoms. The van der Waals surface area contributed by atoms with Crippen molar-refractivity contribution >= 4 is 16.9 Å². The van der Waals surface area contributed by atoms with Crippen LogP contribution in [0, 0.1) is 6.92 Å². The van der Waals surface area contributed by atoms with Gasteiger partial charge in [0.25, 0.3) is 0 Å². The number of fused-ring (bicyclic) bond motifs is 1. The normalized spacial score (nSPS) is 11.8. The van der Waals surface area contributed by atoms with E-state index in [1.807, 2.05) is 6.92 Å². The number of esters is 1. The smallest absolute Gasteiger partial charge is 0.352 e. The molecule has 0 aliphatic rings. The molecule has 134 valence electrons. The third kappa shape index (κ3) is 3.85. The van der Waals surface area contributed by atoms with Crippen molar-refractivity contribution in [3.05, 3.63) is 64.5 Å². The standard InChI is InChI=1S/C20H18O6/c1-12-10-19(21)26-18-11-16(8-9-17(12)18)25-20(22)13(2)24-15-6-4-14(23-3)5-7-15/h4-11,13H,1-3H3. The molecule has 2 aromatic carbocycles. The van der Waals surface area contributed by atoms with Crippen molar-refractivity contribution in [3.63, 3.8) is 0 Å². The Morgan fingerprint density at radius 3 is 2.35 bits per heavy atom. The quantitative estimate of drug-likeness (QED) is 0.397. The third-order valence-electron chi connectivity index (χ3n) is 3.85. The second-order valence-electron chi connectivity index (χ2n) is 5.76. The fourth-order valence-corrected chi connectivity index (χ4v) is 2.47. The molecule has 6 nitrogen and oxygen atoms in total. The van der Waals surface area contributed by atoms with Gasteiger partial charge in [-0.25, -0.2) is 9.59 Å². The van der Waals surface area contributed by atoms with Gasteiger partial charge in [-0.15, -0.1) is 0 Å².